The summed E-state index contributed by atoms with van der Waals surface area (Å²) in [6, 6.07) is 123. The van der Waals surface area contributed by atoms with Crippen molar-refractivity contribution in [2.24, 2.45) is 0 Å². The molecule has 0 fully saturated rings. The van der Waals surface area contributed by atoms with Gasteiger partial charge in [0.05, 0.1) is 61.7 Å². The standard InChI is InChI=1S/C88H59N9/c1-5-18-64(19-6-1)93(65-20-7-2-8-21-65)73-48-53-87-77(57-73)78-58-74(49-54-88(78)97(87)71-43-35-62(36-44-71)79-50-51-81-83(91-79)29-17-55-89-81)95(67-24-11-4-12-25-67)69-41-33-61(34-42-69)60-31-39-68(40-32-60)94(66-22-9-3-10-23-66)72-47-52-86-76(56-72)75-26-13-16-30-85(75)96(86)70-45-37-63(38-46-70)84-59-90-80-27-14-15-28-82(80)92-84/h1-59H. The number of rotatable bonds is 14. The summed E-state index contributed by atoms with van der Waals surface area (Å²) in [5.74, 6) is 0. The molecule has 18 aromatic rings. The van der Waals surface area contributed by atoms with Crippen LogP contribution in [0.4, 0.5) is 51.2 Å². The van der Waals surface area contributed by atoms with Crippen LogP contribution in [0.15, 0.2) is 358 Å². The van der Waals surface area contributed by atoms with Gasteiger partial charge in [0.2, 0.25) is 0 Å². The first-order valence-corrected chi connectivity index (χ1v) is 32.7. The van der Waals surface area contributed by atoms with Crippen LogP contribution in [0.2, 0.25) is 0 Å². The maximum atomic E-state index is 4.99. The second-order valence-electron chi connectivity index (χ2n) is 24.3. The Morgan fingerprint density at radius 2 is 0.557 bits per heavy atom. The lowest BCUT2D eigenvalue weighted by molar-refractivity contribution is 1.18. The molecule has 9 heteroatoms. The van der Waals surface area contributed by atoms with Gasteiger partial charge in [-0.3, -0.25) is 9.97 Å². The molecule has 0 aliphatic heterocycles. The van der Waals surface area contributed by atoms with Crippen molar-refractivity contribution >= 4 is 117 Å². The topological polar surface area (TPSA) is 71.1 Å². The molecule has 0 atom stereocenters. The van der Waals surface area contributed by atoms with Crippen molar-refractivity contribution in [1.29, 1.82) is 0 Å². The van der Waals surface area contributed by atoms with Crippen LogP contribution in [0.3, 0.4) is 0 Å². The molecule has 0 N–H and O–H groups in total. The van der Waals surface area contributed by atoms with Crippen LogP contribution in [0, 0.1) is 0 Å². The largest absolute Gasteiger partial charge is 0.310 e. The fourth-order valence-electron chi connectivity index (χ4n) is 14.0. The zero-order valence-corrected chi connectivity index (χ0v) is 52.6. The Morgan fingerprint density at radius 1 is 0.216 bits per heavy atom. The van der Waals surface area contributed by atoms with Gasteiger partial charge in [0.25, 0.3) is 0 Å². The highest BCUT2D eigenvalue weighted by atomic mass is 15.2. The van der Waals surface area contributed by atoms with Gasteiger partial charge in [-0.05, 0) is 205 Å². The quantitative estimate of drug-likeness (QED) is 0.107. The van der Waals surface area contributed by atoms with Gasteiger partial charge >= 0.3 is 0 Å². The first kappa shape index (κ1) is 56.5. The number of fused-ring (bicyclic) bond motifs is 8. The molecule has 0 bridgehead atoms. The lowest BCUT2D eigenvalue weighted by atomic mass is 10.0. The average molecular weight is 1240 g/mol. The molecule has 0 aliphatic carbocycles. The summed E-state index contributed by atoms with van der Waals surface area (Å²) in [4.78, 5) is 26.2. The number of benzene rings is 13. The summed E-state index contributed by atoms with van der Waals surface area (Å²) >= 11 is 0. The lowest BCUT2D eigenvalue weighted by Crippen LogP contribution is -2.10. The van der Waals surface area contributed by atoms with Crippen molar-refractivity contribution in [3.63, 3.8) is 0 Å². The number of para-hydroxylation sites is 7. The van der Waals surface area contributed by atoms with Crippen molar-refractivity contribution in [3.8, 4) is 45.0 Å². The molecule has 0 amide bonds. The Labute approximate surface area is 560 Å². The number of nitrogens with zero attached hydrogens (tertiary/aromatic N) is 9. The molecule has 0 unspecified atom stereocenters. The maximum absolute atomic E-state index is 4.99. The molecule has 5 heterocycles. The molecule has 0 saturated carbocycles. The van der Waals surface area contributed by atoms with Crippen molar-refractivity contribution < 1.29 is 0 Å². The van der Waals surface area contributed by atoms with Crippen molar-refractivity contribution in [2.75, 3.05) is 14.7 Å². The van der Waals surface area contributed by atoms with E-state index in [4.69, 9.17) is 9.97 Å². The maximum Gasteiger partial charge on any atom is 0.0894 e. The normalized spacial score (nSPS) is 11.5. The second-order valence-corrected chi connectivity index (χ2v) is 24.3. The van der Waals surface area contributed by atoms with E-state index in [0.29, 0.717) is 0 Å². The molecule has 456 valence electrons. The number of aromatic nitrogens is 6. The third-order valence-corrected chi connectivity index (χ3v) is 18.6. The van der Waals surface area contributed by atoms with E-state index < -0.39 is 0 Å². The highest BCUT2D eigenvalue weighted by Crippen LogP contribution is 2.45. The van der Waals surface area contributed by atoms with E-state index in [1.54, 1.807) is 0 Å². The van der Waals surface area contributed by atoms with E-state index in [1.807, 2.05) is 54.9 Å². The minimum atomic E-state index is 0.848. The highest BCUT2D eigenvalue weighted by Gasteiger charge is 2.23. The zero-order chi connectivity index (χ0) is 64.2. The van der Waals surface area contributed by atoms with Gasteiger partial charge in [-0.25, -0.2) is 9.97 Å². The number of hydrogen-bond donors (Lipinski definition) is 0. The van der Waals surface area contributed by atoms with Gasteiger partial charge < -0.3 is 23.8 Å². The Kier molecular flexibility index (Phi) is 14.0. The molecule has 5 aromatic heterocycles. The molecule has 9 nitrogen and oxygen atoms in total. The molecule has 18 rings (SSSR count). The average Bonchev–Trinajstić information content (AvgIpc) is 1.60. The lowest BCUT2D eigenvalue weighted by Gasteiger charge is -2.26. The van der Waals surface area contributed by atoms with Crippen LogP contribution < -0.4 is 14.7 Å². The summed E-state index contributed by atoms with van der Waals surface area (Å²) < 4.78 is 4.76. The molecular formula is C88H59N9. The summed E-state index contributed by atoms with van der Waals surface area (Å²) in [6.45, 7) is 0. The molecular weight excluding hydrogens is 1180 g/mol. The number of pyridine rings is 2. The second kappa shape index (κ2) is 24.0. The van der Waals surface area contributed by atoms with E-state index in [2.05, 4.69) is 337 Å². The van der Waals surface area contributed by atoms with Gasteiger partial charge in [-0.1, -0.05) is 152 Å². The zero-order valence-electron chi connectivity index (χ0n) is 52.6. The molecule has 97 heavy (non-hydrogen) atoms. The van der Waals surface area contributed by atoms with E-state index in [-0.39, 0.29) is 0 Å². The van der Waals surface area contributed by atoms with Crippen LogP contribution in [-0.2, 0) is 0 Å². The van der Waals surface area contributed by atoms with E-state index in [0.717, 1.165) is 151 Å². The summed E-state index contributed by atoms with van der Waals surface area (Å²) in [5.41, 5.74) is 25.7. The number of anilines is 9. The monoisotopic (exact) mass is 1240 g/mol. The summed E-state index contributed by atoms with van der Waals surface area (Å²) in [5, 5.41) is 4.63. The van der Waals surface area contributed by atoms with E-state index in [1.165, 1.54) is 10.8 Å². The van der Waals surface area contributed by atoms with Crippen LogP contribution in [0.5, 0.6) is 0 Å². The van der Waals surface area contributed by atoms with Crippen molar-refractivity contribution in [2.45, 2.75) is 0 Å². The first-order valence-electron chi connectivity index (χ1n) is 32.7. The van der Waals surface area contributed by atoms with Gasteiger partial charge in [0.15, 0.2) is 0 Å². The third-order valence-electron chi connectivity index (χ3n) is 18.6. The predicted octanol–water partition coefficient (Wildman–Crippen LogP) is 23.2. The SMILES string of the molecule is c1ccc(N(c2ccc(-c3ccc(N(c4ccccc4)c4ccc5c(c4)c4cc(N(c6ccccc6)c6ccccc6)ccc4n5-c4ccc(-c5ccc6ncccc6n5)cc4)cc3)cc2)c2ccc3c(c2)c2ccccc2n3-c2ccc(-c3cnc4ccccc4n3)cc2)cc1. The molecule has 0 spiro atoms. The molecule has 0 saturated heterocycles. The van der Waals surface area contributed by atoms with E-state index in [9.17, 15) is 0 Å². The highest BCUT2D eigenvalue weighted by molar-refractivity contribution is 6.13. The van der Waals surface area contributed by atoms with Crippen LogP contribution >= 0.6 is 0 Å². The molecule has 0 radical (unpaired) electrons. The van der Waals surface area contributed by atoms with Gasteiger partial charge in [0.1, 0.15) is 0 Å². The van der Waals surface area contributed by atoms with Crippen molar-refractivity contribution in [1.82, 2.24) is 29.1 Å². The minimum absolute atomic E-state index is 0.848. The molecule has 0 aliphatic rings. The fraction of sp³-hybridized carbons (Fsp3) is 0. The van der Waals surface area contributed by atoms with Crippen LogP contribution in [-0.4, -0.2) is 29.1 Å². The first-order chi connectivity index (χ1) is 48.1. The van der Waals surface area contributed by atoms with E-state index >= 15 is 0 Å². The Bertz CT molecular complexity index is 5880. The Morgan fingerprint density at radius 3 is 1.03 bits per heavy atom. The van der Waals surface area contributed by atoms with Gasteiger partial charge in [-0.15, -0.1) is 0 Å². The van der Waals surface area contributed by atoms with Gasteiger partial charge in [0, 0.05) is 101 Å². The third kappa shape index (κ3) is 10.3. The van der Waals surface area contributed by atoms with Crippen LogP contribution in [0.1, 0.15) is 0 Å². The van der Waals surface area contributed by atoms with Crippen molar-refractivity contribution in [3.05, 3.63) is 358 Å². The Hall–Kier alpha value is -13.2. The number of hydrogen-bond acceptors (Lipinski definition) is 7. The molecule has 13 aromatic carbocycles. The fourth-order valence-corrected chi connectivity index (χ4v) is 14.0. The Balaban J connectivity index is 0.691. The van der Waals surface area contributed by atoms with Gasteiger partial charge in [-0.2, -0.15) is 0 Å². The summed E-state index contributed by atoms with van der Waals surface area (Å²) in [7, 11) is 0. The predicted molar refractivity (Wildman–Crippen MR) is 402 cm³/mol. The minimum Gasteiger partial charge on any atom is -0.310 e. The smallest absolute Gasteiger partial charge is 0.0894 e. The van der Waals surface area contributed by atoms with Crippen LogP contribution in [0.25, 0.3) is 111 Å². The summed E-state index contributed by atoms with van der Waals surface area (Å²) in [6.07, 6.45) is 3.67.